The molecule has 0 spiro atoms. The summed E-state index contributed by atoms with van der Waals surface area (Å²) in [6, 6.07) is 2.11. The Morgan fingerprint density at radius 1 is 1.35 bits per heavy atom. The highest BCUT2D eigenvalue weighted by Crippen LogP contribution is 2.22. The zero-order valence-corrected chi connectivity index (χ0v) is 11.7. The van der Waals surface area contributed by atoms with Crippen molar-refractivity contribution in [3.63, 3.8) is 0 Å². The Bertz CT molecular complexity index is 372. The molecular formula is C14H25N3. The first-order valence-electron chi connectivity index (χ1n) is 6.41. The average Bonchev–Trinajstić information content (AvgIpc) is 2.24. The van der Waals surface area contributed by atoms with Crippen molar-refractivity contribution in [2.24, 2.45) is 11.7 Å². The molecule has 0 aromatic carbocycles. The number of nitrogens with two attached hydrogens (primary N) is 1. The Balaban J connectivity index is 3.16. The van der Waals surface area contributed by atoms with E-state index >= 15 is 0 Å². The highest BCUT2D eigenvalue weighted by molar-refractivity contribution is 5.51. The minimum atomic E-state index is 0.559. The second kappa shape index (κ2) is 6.01. The third-order valence-electron chi connectivity index (χ3n) is 2.92. The van der Waals surface area contributed by atoms with E-state index < -0.39 is 0 Å². The molecule has 3 nitrogen and oxygen atoms in total. The number of hydrogen-bond acceptors (Lipinski definition) is 3. The van der Waals surface area contributed by atoms with E-state index in [2.05, 4.69) is 43.6 Å². The SMILES string of the molecule is CCN(CC(C)C)c1nc(C)cc(C)c1CN. The number of hydrogen-bond donors (Lipinski definition) is 1. The number of pyridine rings is 1. The molecule has 0 atom stereocenters. The lowest BCUT2D eigenvalue weighted by Gasteiger charge is -2.27. The van der Waals surface area contributed by atoms with Gasteiger partial charge in [0.15, 0.2) is 0 Å². The average molecular weight is 235 g/mol. The molecule has 96 valence electrons. The van der Waals surface area contributed by atoms with E-state index in [0.29, 0.717) is 12.5 Å². The number of aryl methyl sites for hydroxylation is 2. The van der Waals surface area contributed by atoms with Gasteiger partial charge in [-0.05, 0) is 38.3 Å². The lowest BCUT2D eigenvalue weighted by molar-refractivity contribution is 0.612. The minimum Gasteiger partial charge on any atom is -0.356 e. The second-order valence-corrected chi connectivity index (χ2v) is 5.02. The molecule has 1 aromatic rings. The van der Waals surface area contributed by atoms with Crippen LogP contribution in [0.5, 0.6) is 0 Å². The van der Waals surface area contributed by atoms with Crippen molar-refractivity contribution in [2.75, 3.05) is 18.0 Å². The molecule has 0 amide bonds. The quantitative estimate of drug-likeness (QED) is 0.853. The van der Waals surface area contributed by atoms with E-state index in [-0.39, 0.29) is 0 Å². The van der Waals surface area contributed by atoms with Crippen LogP contribution >= 0.6 is 0 Å². The minimum absolute atomic E-state index is 0.559. The molecule has 2 N–H and O–H groups in total. The summed E-state index contributed by atoms with van der Waals surface area (Å²) in [7, 11) is 0. The van der Waals surface area contributed by atoms with Gasteiger partial charge in [-0.3, -0.25) is 0 Å². The molecule has 0 saturated heterocycles. The molecule has 0 unspecified atom stereocenters. The van der Waals surface area contributed by atoms with E-state index in [0.717, 1.165) is 24.6 Å². The standard InChI is InChI=1S/C14H25N3/c1-6-17(9-10(2)3)14-13(8-15)11(4)7-12(5)16-14/h7,10H,6,8-9,15H2,1-5H3. The van der Waals surface area contributed by atoms with Gasteiger partial charge in [0.2, 0.25) is 0 Å². The Kier molecular flexibility index (Phi) is 4.94. The Morgan fingerprint density at radius 2 is 2.00 bits per heavy atom. The molecule has 1 heterocycles. The number of nitrogens with zero attached hydrogens (tertiary/aromatic N) is 2. The van der Waals surface area contributed by atoms with Gasteiger partial charge in [-0.25, -0.2) is 4.98 Å². The van der Waals surface area contributed by atoms with Gasteiger partial charge < -0.3 is 10.6 Å². The molecule has 0 aliphatic rings. The molecule has 0 aliphatic heterocycles. The summed E-state index contributed by atoms with van der Waals surface area (Å²) in [6.45, 7) is 13.3. The van der Waals surface area contributed by atoms with Crippen LogP contribution in [0.3, 0.4) is 0 Å². The molecule has 3 heteroatoms. The van der Waals surface area contributed by atoms with Gasteiger partial charge in [-0.15, -0.1) is 0 Å². The summed E-state index contributed by atoms with van der Waals surface area (Å²) in [5, 5.41) is 0. The lowest BCUT2D eigenvalue weighted by Crippen LogP contribution is -2.30. The van der Waals surface area contributed by atoms with Crippen LogP contribution in [0.25, 0.3) is 0 Å². The molecule has 1 rings (SSSR count). The van der Waals surface area contributed by atoms with Crippen LogP contribution in [-0.2, 0) is 6.54 Å². The van der Waals surface area contributed by atoms with Crippen LogP contribution in [-0.4, -0.2) is 18.1 Å². The van der Waals surface area contributed by atoms with Crippen molar-refractivity contribution in [2.45, 2.75) is 41.2 Å². The van der Waals surface area contributed by atoms with Crippen molar-refractivity contribution in [1.82, 2.24) is 4.98 Å². The van der Waals surface area contributed by atoms with E-state index in [1.807, 2.05) is 6.92 Å². The summed E-state index contributed by atoms with van der Waals surface area (Å²) >= 11 is 0. The maximum Gasteiger partial charge on any atom is 0.133 e. The molecule has 1 aromatic heterocycles. The fraction of sp³-hybridized carbons (Fsp3) is 0.643. The Hall–Kier alpha value is -1.09. The van der Waals surface area contributed by atoms with Gasteiger partial charge >= 0.3 is 0 Å². The molecule has 0 radical (unpaired) electrons. The predicted molar refractivity (Wildman–Crippen MR) is 74.3 cm³/mol. The largest absolute Gasteiger partial charge is 0.356 e. The topological polar surface area (TPSA) is 42.2 Å². The first-order chi connectivity index (χ1) is 7.99. The van der Waals surface area contributed by atoms with Gasteiger partial charge in [0.1, 0.15) is 5.82 Å². The summed E-state index contributed by atoms with van der Waals surface area (Å²) in [5.41, 5.74) is 9.35. The summed E-state index contributed by atoms with van der Waals surface area (Å²) in [5.74, 6) is 1.70. The smallest absolute Gasteiger partial charge is 0.133 e. The Labute approximate surface area is 105 Å². The highest BCUT2D eigenvalue weighted by Gasteiger charge is 2.14. The lowest BCUT2D eigenvalue weighted by atomic mass is 10.1. The molecule has 0 bridgehead atoms. The van der Waals surface area contributed by atoms with Crippen molar-refractivity contribution in [3.8, 4) is 0 Å². The van der Waals surface area contributed by atoms with Crippen LogP contribution in [0.4, 0.5) is 5.82 Å². The van der Waals surface area contributed by atoms with Crippen molar-refractivity contribution in [3.05, 3.63) is 22.9 Å². The van der Waals surface area contributed by atoms with Crippen molar-refractivity contribution >= 4 is 5.82 Å². The van der Waals surface area contributed by atoms with E-state index in [9.17, 15) is 0 Å². The van der Waals surface area contributed by atoms with E-state index in [1.54, 1.807) is 0 Å². The highest BCUT2D eigenvalue weighted by atomic mass is 15.2. The third kappa shape index (κ3) is 3.43. The van der Waals surface area contributed by atoms with Crippen LogP contribution < -0.4 is 10.6 Å². The summed E-state index contributed by atoms with van der Waals surface area (Å²) in [6.07, 6.45) is 0. The number of rotatable bonds is 5. The van der Waals surface area contributed by atoms with Crippen LogP contribution in [0.2, 0.25) is 0 Å². The number of aromatic nitrogens is 1. The monoisotopic (exact) mass is 235 g/mol. The second-order valence-electron chi connectivity index (χ2n) is 5.02. The third-order valence-corrected chi connectivity index (χ3v) is 2.92. The first-order valence-corrected chi connectivity index (χ1v) is 6.41. The van der Waals surface area contributed by atoms with Gasteiger partial charge in [-0.2, -0.15) is 0 Å². The molecule has 0 saturated carbocycles. The molecule has 17 heavy (non-hydrogen) atoms. The van der Waals surface area contributed by atoms with Gasteiger partial charge in [-0.1, -0.05) is 13.8 Å². The van der Waals surface area contributed by atoms with Crippen LogP contribution in [0.1, 0.15) is 37.6 Å². The molecule has 0 fully saturated rings. The maximum absolute atomic E-state index is 5.86. The summed E-state index contributed by atoms with van der Waals surface area (Å²) < 4.78 is 0. The first kappa shape index (κ1) is 14.0. The van der Waals surface area contributed by atoms with E-state index in [1.165, 1.54) is 11.1 Å². The van der Waals surface area contributed by atoms with Gasteiger partial charge in [0.25, 0.3) is 0 Å². The summed E-state index contributed by atoms with van der Waals surface area (Å²) in [4.78, 5) is 7.00. The zero-order valence-electron chi connectivity index (χ0n) is 11.7. The maximum atomic E-state index is 5.86. The fourth-order valence-electron chi connectivity index (χ4n) is 2.16. The van der Waals surface area contributed by atoms with Crippen molar-refractivity contribution in [1.29, 1.82) is 0 Å². The van der Waals surface area contributed by atoms with Crippen LogP contribution in [0.15, 0.2) is 6.07 Å². The fourth-order valence-corrected chi connectivity index (χ4v) is 2.16. The Morgan fingerprint density at radius 3 is 2.47 bits per heavy atom. The molecular weight excluding hydrogens is 210 g/mol. The normalized spacial score (nSPS) is 11.0. The van der Waals surface area contributed by atoms with Crippen LogP contribution in [0, 0.1) is 19.8 Å². The van der Waals surface area contributed by atoms with Crippen molar-refractivity contribution < 1.29 is 0 Å². The van der Waals surface area contributed by atoms with Gasteiger partial charge in [0.05, 0.1) is 0 Å². The van der Waals surface area contributed by atoms with E-state index in [4.69, 9.17) is 5.73 Å². The molecule has 0 aliphatic carbocycles. The number of anilines is 1. The zero-order chi connectivity index (χ0) is 13.0. The predicted octanol–water partition coefficient (Wildman–Crippen LogP) is 2.64. The van der Waals surface area contributed by atoms with Gasteiger partial charge in [0, 0.05) is 30.9 Å².